The van der Waals surface area contributed by atoms with Crippen LogP contribution in [-0.4, -0.2) is 48.6 Å². The molecule has 1 aromatic carbocycles. The molecule has 0 aliphatic carbocycles. The lowest BCUT2D eigenvalue weighted by Gasteiger charge is -2.33. The van der Waals surface area contributed by atoms with Crippen LogP contribution in [0.3, 0.4) is 0 Å². The van der Waals surface area contributed by atoms with Crippen molar-refractivity contribution in [2.75, 3.05) is 19.7 Å². The van der Waals surface area contributed by atoms with Gasteiger partial charge < -0.3 is 20.1 Å². The number of halogens is 3. The standard InChI is InChI=1S/C15H17F3N2O4/c1-9(14(22)20-6-7-23-12(8-20)13(19)21)24-11-5-3-2-4-10(11)15(16,17)18/h2-5,9,12H,6-8H2,1H3,(H2,19,21). The van der Waals surface area contributed by atoms with Gasteiger partial charge in [0.05, 0.1) is 18.7 Å². The first-order valence-electron chi connectivity index (χ1n) is 7.22. The summed E-state index contributed by atoms with van der Waals surface area (Å²) in [6, 6.07) is 4.66. The summed E-state index contributed by atoms with van der Waals surface area (Å²) in [6.45, 7) is 1.62. The van der Waals surface area contributed by atoms with Crippen molar-refractivity contribution in [1.82, 2.24) is 4.90 Å². The first-order valence-corrected chi connectivity index (χ1v) is 7.22. The van der Waals surface area contributed by atoms with Crippen molar-refractivity contribution in [1.29, 1.82) is 0 Å². The molecule has 24 heavy (non-hydrogen) atoms. The van der Waals surface area contributed by atoms with E-state index >= 15 is 0 Å². The SMILES string of the molecule is CC(Oc1ccccc1C(F)(F)F)C(=O)N1CCOC(C(N)=O)C1. The first-order chi connectivity index (χ1) is 11.2. The van der Waals surface area contributed by atoms with Crippen LogP contribution in [0.15, 0.2) is 24.3 Å². The largest absolute Gasteiger partial charge is 0.480 e. The molecule has 0 radical (unpaired) electrons. The zero-order valence-corrected chi connectivity index (χ0v) is 12.9. The number of primary amides is 1. The fraction of sp³-hybridized carbons (Fsp3) is 0.467. The third kappa shape index (κ3) is 4.16. The lowest BCUT2D eigenvalue weighted by molar-refractivity contribution is -0.151. The number of morpholine rings is 1. The van der Waals surface area contributed by atoms with E-state index in [1.807, 2.05) is 0 Å². The van der Waals surface area contributed by atoms with E-state index in [0.717, 1.165) is 12.1 Å². The van der Waals surface area contributed by atoms with Gasteiger partial charge in [-0.3, -0.25) is 9.59 Å². The molecule has 2 N–H and O–H groups in total. The number of carbonyl (C=O) groups excluding carboxylic acids is 2. The Bertz CT molecular complexity index is 621. The molecule has 0 saturated carbocycles. The number of rotatable bonds is 4. The van der Waals surface area contributed by atoms with Crippen LogP contribution in [-0.2, 0) is 20.5 Å². The quantitative estimate of drug-likeness (QED) is 0.888. The van der Waals surface area contributed by atoms with E-state index in [1.165, 1.54) is 24.0 Å². The number of para-hydroxylation sites is 1. The summed E-state index contributed by atoms with van der Waals surface area (Å²) in [6.07, 6.45) is -6.67. The number of nitrogens with zero attached hydrogens (tertiary/aromatic N) is 1. The Morgan fingerprint density at radius 2 is 2.04 bits per heavy atom. The summed E-state index contributed by atoms with van der Waals surface area (Å²) in [5.41, 5.74) is 4.18. The smallest absolute Gasteiger partial charge is 0.419 e. The van der Waals surface area contributed by atoms with Crippen LogP contribution in [0, 0.1) is 0 Å². The van der Waals surface area contributed by atoms with E-state index in [-0.39, 0.29) is 19.7 Å². The molecule has 2 atom stereocenters. The molecule has 0 spiro atoms. The summed E-state index contributed by atoms with van der Waals surface area (Å²) in [5, 5.41) is 0. The van der Waals surface area contributed by atoms with Crippen LogP contribution in [0.4, 0.5) is 13.2 Å². The molecular formula is C15H17F3N2O4. The van der Waals surface area contributed by atoms with Gasteiger partial charge in [-0.25, -0.2) is 0 Å². The molecular weight excluding hydrogens is 329 g/mol. The van der Waals surface area contributed by atoms with Gasteiger partial charge in [-0.2, -0.15) is 13.2 Å². The minimum absolute atomic E-state index is 0.0528. The normalized spacial score (nSPS) is 19.7. The summed E-state index contributed by atoms with van der Waals surface area (Å²) in [5.74, 6) is -1.67. The molecule has 2 rings (SSSR count). The Labute approximate surface area is 136 Å². The zero-order chi connectivity index (χ0) is 17.9. The summed E-state index contributed by atoms with van der Waals surface area (Å²) < 4.78 is 49.2. The zero-order valence-electron chi connectivity index (χ0n) is 12.9. The number of alkyl halides is 3. The Morgan fingerprint density at radius 3 is 2.67 bits per heavy atom. The van der Waals surface area contributed by atoms with Gasteiger partial charge in [-0.1, -0.05) is 12.1 Å². The molecule has 6 nitrogen and oxygen atoms in total. The highest BCUT2D eigenvalue weighted by atomic mass is 19.4. The molecule has 2 amide bonds. The van der Waals surface area contributed by atoms with Crippen LogP contribution in [0.5, 0.6) is 5.75 Å². The fourth-order valence-corrected chi connectivity index (χ4v) is 2.32. The maximum Gasteiger partial charge on any atom is 0.419 e. The van der Waals surface area contributed by atoms with Crippen LogP contribution in [0.2, 0.25) is 0 Å². The van der Waals surface area contributed by atoms with Crippen LogP contribution < -0.4 is 10.5 Å². The molecule has 9 heteroatoms. The Morgan fingerprint density at radius 1 is 1.38 bits per heavy atom. The van der Waals surface area contributed by atoms with E-state index < -0.39 is 41.5 Å². The van der Waals surface area contributed by atoms with E-state index in [9.17, 15) is 22.8 Å². The van der Waals surface area contributed by atoms with Crippen LogP contribution >= 0.6 is 0 Å². The van der Waals surface area contributed by atoms with Crippen molar-refractivity contribution in [3.63, 3.8) is 0 Å². The van der Waals surface area contributed by atoms with Gasteiger partial charge in [-0.15, -0.1) is 0 Å². The monoisotopic (exact) mass is 346 g/mol. The Balaban J connectivity index is 2.09. The molecule has 132 valence electrons. The van der Waals surface area contributed by atoms with Gasteiger partial charge in [0, 0.05) is 6.54 Å². The van der Waals surface area contributed by atoms with Gasteiger partial charge in [0.2, 0.25) is 5.91 Å². The van der Waals surface area contributed by atoms with Crippen LogP contribution in [0.1, 0.15) is 12.5 Å². The van der Waals surface area contributed by atoms with Crippen molar-refractivity contribution in [3.05, 3.63) is 29.8 Å². The van der Waals surface area contributed by atoms with E-state index in [0.29, 0.717) is 0 Å². The molecule has 1 saturated heterocycles. The summed E-state index contributed by atoms with van der Waals surface area (Å²) >= 11 is 0. The average Bonchev–Trinajstić information content (AvgIpc) is 2.53. The summed E-state index contributed by atoms with van der Waals surface area (Å²) in [4.78, 5) is 24.8. The van der Waals surface area contributed by atoms with Crippen molar-refractivity contribution >= 4 is 11.8 Å². The predicted octanol–water partition coefficient (Wildman–Crippen LogP) is 1.19. The van der Waals surface area contributed by atoms with Crippen molar-refractivity contribution in [2.24, 2.45) is 5.73 Å². The molecule has 1 aromatic rings. The minimum Gasteiger partial charge on any atom is -0.480 e. The number of ether oxygens (including phenoxy) is 2. The van der Waals surface area contributed by atoms with Crippen LogP contribution in [0.25, 0.3) is 0 Å². The first kappa shape index (κ1) is 18.1. The van der Waals surface area contributed by atoms with Crippen molar-refractivity contribution in [2.45, 2.75) is 25.3 Å². The highest BCUT2D eigenvalue weighted by molar-refractivity contribution is 5.83. The van der Waals surface area contributed by atoms with Gasteiger partial charge >= 0.3 is 6.18 Å². The van der Waals surface area contributed by atoms with Crippen molar-refractivity contribution in [3.8, 4) is 5.75 Å². The number of benzene rings is 1. The predicted molar refractivity (Wildman–Crippen MR) is 77.0 cm³/mol. The lowest BCUT2D eigenvalue weighted by Crippen LogP contribution is -2.53. The van der Waals surface area contributed by atoms with E-state index in [2.05, 4.69) is 0 Å². The topological polar surface area (TPSA) is 81.9 Å². The fourth-order valence-electron chi connectivity index (χ4n) is 2.32. The van der Waals surface area contributed by atoms with Gasteiger partial charge in [0.15, 0.2) is 12.2 Å². The molecule has 1 fully saturated rings. The number of amides is 2. The molecule has 0 bridgehead atoms. The molecule has 2 unspecified atom stereocenters. The van der Waals surface area contributed by atoms with E-state index in [4.69, 9.17) is 15.2 Å². The minimum atomic E-state index is -4.59. The molecule has 1 heterocycles. The second-order valence-corrected chi connectivity index (χ2v) is 5.30. The second kappa shape index (κ2) is 7.08. The third-order valence-electron chi connectivity index (χ3n) is 3.54. The third-order valence-corrected chi connectivity index (χ3v) is 3.54. The van der Waals surface area contributed by atoms with Gasteiger partial charge in [0.25, 0.3) is 5.91 Å². The number of nitrogens with two attached hydrogens (primary N) is 1. The maximum absolute atomic E-state index is 13.0. The molecule has 0 aromatic heterocycles. The molecule has 1 aliphatic heterocycles. The van der Waals surface area contributed by atoms with E-state index in [1.54, 1.807) is 0 Å². The summed E-state index contributed by atoms with van der Waals surface area (Å²) in [7, 11) is 0. The average molecular weight is 346 g/mol. The van der Waals surface area contributed by atoms with Gasteiger partial charge in [-0.05, 0) is 19.1 Å². The second-order valence-electron chi connectivity index (χ2n) is 5.30. The van der Waals surface area contributed by atoms with Crippen molar-refractivity contribution < 1.29 is 32.2 Å². The number of carbonyl (C=O) groups is 2. The van der Waals surface area contributed by atoms with Gasteiger partial charge in [0.1, 0.15) is 5.75 Å². The molecule has 1 aliphatic rings. The number of hydrogen-bond acceptors (Lipinski definition) is 4. The highest BCUT2D eigenvalue weighted by Crippen LogP contribution is 2.36. The lowest BCUT2D eigenvalue weighted by atomic mass is 10.2. The Hall–Kier alpha value is -2.29. The number of hydrogen-bond donors (Lipinski definition) is 1. The maximum atomic E-state index is 13.0. The highest BCUT2D eigenvalue weighted by Gasteiger charge is 2.36. The Kier molecular flexibility index (Phi) is 5.33.